The van der Waals surface area contributed by atoms with Crippen molar-refractivity contribution in [1.82, 2.24) is 0 Å². The molecule has 1 N–H and O–H groups in total. The van der Waals surface area contributed by atoms with E-state index in [-0.39, 0.29) is 5.91 Å². The predicted octanol–water partition coefficient (Wildman–Crippen LogP) is 5.13. The van der Waals surface area contributed by atoms with Gasteiger partial charge in [-0.05, 0) is 50.5 Å². The zero-order chi connectivity index (χ0) is 21.7. The molecule has 0 saturated carbocycles. The van der Waals surface area contributed by atoms with Gasteiger partial charge in [-0.1, -0.05) is 59.4 Å². The van der Waals surface area contributed by atoms with Crippen molar-refractivity contribution < 1.29 is 14.3 Å². The van der Waals surface area contributed by atoms with Gasteiger partial charge in [0.1, 0.15) is 4.38 Å². The van der Waals surface area contributed by atoms with E-state index < -0.39 is 12.1 Å². The first kappa shape index (κ1) is 22.4. The topological polar surface area (TPSA) is 67.8 Å². The van der Waals surface area contributed by atoms with E-state index in [1.165, 1.54) is 0 Å². The summed E-state index contributed by atoms with van der Waals surface area (Å²) in [5, 5.41) is 2.90. The van der Waals surface area contributed by atoms with Crippen LogP contribution in [0.5, 0.6) is 0 Å². The Morgan fingerprint density at radius 1 is 1.20 bits per heavy atom. The summed E-state index contributed by atoms with van der Waals surface area (Å²) < 4.78 is 6.54. The van der Waals surface area contributed by atoms with Gasteiger partial charge in [0.15, 0.2) is 6.10 Å². The van der Waals surface area contributed by atoms with E-state index in [0.717, 1.165) is 44.6 Å². The van der Waals surface area contributed by atoms with Crippen molar-refractivity contribution in [3.05, 3.63) is 64.2 Å². The quantitative estimate of drug-likeness (QED) is 0.628. The fourth-order valence-corrected chi connectivity index (χ4v) is 5.28. The molecule has 0 radical (unpaired) electrons. The molecule has 1 atom stereocenters. The summed E-state index contributed by atoms with van der Waals surface area (Å²) in [5.74, 6) is 0.812. The SMILES string of the molecule is Cc1cc(C)c(NC(=O)C(C)OC(=O)c2ccccc2CSC2=NCCS2)c(C)c1. The summed E-state index contributed by atoms with van der Waals surface area (Å²) in [6, 6.07) is 11.4. The zero-order valence-electron chi connectivity index (χ0n) is 17.7. The molecular formula is C23H26N2O3S2. The lowest BCUT2D eigenvalue weighted by Gasteiger charge is -2.17. The van der Waals surface area contributed by atoms with E-state index in [4.69, 9.17) is 4.74 Å². The lowest BCUT2D eigenvalue weighted by molar-refractivity contribution is -0.123. The van der Waals surface area contributed by atoms with Crippen molar-refractivity contribution in [3.8, 4) is 0 Å². The Morgan fingerprint density at radius 3 is 2.57 bits per heavy atom. The maximum Gasteiger partial charge on any atom is 0.339 e. The minimum Gasteiger partial charge on any atom is -0.449 e. The molecule has 2 aromatic carbocycles. The number of thioether (sulfide) groups is 2. The lowest BCUT2D eigenvalue weighted by atomic mass is 10.0. The monoisotopic (exact) mass is 442 g/mol. The molecule has 0 fully saturated rings. The van der Waals surface area contributed by atoms with Crippen LogP contribution in [0.2, 0.25) is 0 Å². The third kappa shape index (κ3) is 5.67. The summed E-state index contributed by atoms with van der Waals surface area (Å²) in [5.41, 5.74) is 5.22. The van der Waals surface area contributed by atoms with Gasteiger partial charge in [0.2, 0.25) is 0 Å². The Balaban J connectivity index is 1.65. The molecule has 0 aromatic heterocycles. The smallest absolute Gasteiger partial charge is 0.339 e. The number of ether oxygens (including phenoxy) is 1. The first-order chi connectivity index (χ1) is 14.3. The van der Waals surface area contributed by atoms with E-state index in [0.29, 0.717) is 11.3 Å². The Hall–Kier alpha value is -2.25. The van der Waals surface area contributed by atoms with E-state index >= 15 is 0 Å². The van der Waals surface area contributed by atoms with Crippen LogP contribution < -0.4 is 5.32 Å². The Bertz CT molecular complexity index is 965. The number of rotatable bonds is 6. The Kier molecular flexibility index (Phi) is 7.61. The number of esters is 1. The number of hydrogen-bond acceptors (Lipinski definition) is 6. The average molecular weight is 443 g/mol. The van der Waals surface area contributed by atoms with Gasteiger partial charge in [-0.15, -0.1) is 0 Å². The molecule has 0 saturated heterocycles. The van der Waals surface area contributed by atoms with Gasteiger partial charge in [-0.25, -0.2) is 4.79 Å². The van der Waals surface area contributed by atoms with Gasteiger partial charge < -0.3 is 10.1 Å². The second-order valence-electron chi connectivity index (χ2n) is 7.25. The molecule has 158 valence electrons. The van der Waals surface area contributed by atoms with Crippen LogP contribution in [-0.4, -0.2) is 34.7 Å². The molecule has 1 aliphatic rings. The molecule has 0 spiro atoms. The molecule has 1 amide bonds. The summed E-state index contributed by atoms with van der Waals surface area (Å²) in [6.45, 7) is 8.36. The molecule has 3 rings (SSSR count). The number of aryl methyl sites for hydroxylation is 3. The normalized spacial score (nSPS) is 14.2. The van der Waals surface area contributed by atoms with Crippen molar-refractivity contribution >= 4 is 45.5 Å². The number of amides is 1. The van der Waals surface area contributed by atoms with Crippen molar-refractivity contribution in [3.63, 3.8) is 0 Å². The highest BCUT2D eigenvalue weighted by atomic mass is 32.2. The van der Waals surface area contributed by atoms with Gasteiger partial charge in [-0.3, -0.25) is 9.79 Å². The molecule has 0 bridgehead atoms. The standard InChI is InChI=1S/C23H26N2O3S2/c1-14-11-15(2)20(16(3)12-14)25-21(26)17(4)28-22(27)19-8-6-5-7-18(19)13-30-23-24-9-10-29-23/h5-8,11-12,17H,9-10,13H2,1-4H3,(H,25,26). The number of nitrogens with zero attached hydrogens (tertiary/aromatic N) is 1. The first-order valence-electron chi connectivity index (χ1n) is 9.83. The van der Waals surface area contributed by atoms with E-state index in [2.05, 4.69) is 10.3 Å². The van der Waals surface area contributed by atoms with E-state index in [1.54, 1.807) is 42.6 Å². The fraction of sp³-hybridized carbons (Fsp3) is 0.348. The van der Waals surface area contributed by atoms with Crippen molar-refractivity contribution in [2.45, 2.75) is 39.6 Å². The highest BCUT2D eigenvalue weighted by Crippen LogP contribution is 2.27. The van der Waals surface area contributed by atoms with Crippen LogP contribution in [0.15, 0.2) is 41.4 Å². The molecule has 2 aromatic rings. The minimum absolute atomic E-state index is 0.345. The van der Waals surface area contributed by atoms with E-state index in [9.17, 15) is 9.59 Å². The largest absolute Gasteiger partial charge is 0.449 e. The fourth-order valence-electron chi connectivity index (χ4n) is 3.27. The third-order valence-electron chi connectivity index (χ3n) is 4.72. The molecule has 0 aliphatic carbocycles. The minimum atomic E-state index is -0.909. The average Bonchev–Trinajstić information content (AvgIpc) is 3.22. The van der Waals surface area contributed by atoms with Gasteiger partial charge in [-0.2, -0.15) is 0 Å². The molecule has 5 nitrogen and oxygen atoms in total. The van der Waals surface area contributed by atoms with Crippen molar-refractivity contribution in [1.29, 1.82) is 0 Å². The highest BCUT2D eigenvalue weighted by Gasteiger charge is 2.22. The zero-order valence-corrected chi connectivity index (χ0v) is 19.3. The maximum atomic E-state index is 12.8. The Morgan fingerprint density at radius 2 is 1.90 bits per heavy atom. The second kappa shape index (κ2) is 10.2. The van der Waals surface area contributed by atoms with Gasteiger partial charge in [0, 0.05) is 17.2 Å². The summed E-state index contributed by atoms with van der Waals surface area (Å²) in [6.07, 6.45) is -0.909. The molecule has 7 heteroatoms. The van der Waals surface area contributed by atoms with Crippen molar-refractivity contribution in [2.75, 3.05) is 17.6 Å². The van der Waals surface area contributed by atoms with Gasteiger partial charge in [0.25, 0.3) is 5.91 Å². The number of carbonyl (C=O) groups is 2. The van der Waals surface area contributed by atoms with Crippen LogP contribution in [0.3, 0.4) is 0 Å². The number of benzene rings is 2. The van der Waals surface area contributed by atoms with Crippen LogP contribution in [-0.2, 0) is 15.3 Å². The molecule has 1 aliphatic heterocycles. The summed E-state index contributed by atoms with van der Waals surface area (Å²) >= 11 is 3.36. The molecule has 1 unspecified atom stereocenters. The van der Waals surface area contributed by atoms with Gasteiger partial charge >= 0.3 is 5.97 Å². The number of anilines is 1. The molecular weight excluding hydrogens is 416 g/mol. The lowest BCUT2D eigenvalue weighted by Crippen LogP contribution is -2.30. The highest BCUT2D eigenvalue weighted by molar-refractivity contribution is 8.38. The van der Waals surface area contributed by atoms with Gasteiger partial charge in [0.05, 0.1) is 12.1 Å². The van der Waals surface area contributed by atoms with E-state index in [1.807, 2.05) is 45.0 Å². The number of nitrogens with one attached hydrogen (secondary N) is 1. The number of carbonyl (C=O) groups excluding carboxylic acids is 2. The van der Waals surface area contributed by atoms with Crippen LogP contribution in [0.4, 0.5) is 5.69 Å². The maximum absolute atomic E-state index is 12.8. The van der Waals surface area contributed by atoms with Crippen LogP contribution in [0, 0.1) is 20.8 Å². The van der Waals surface area contributed by atoms with Crippen LogP contribution in [0.1, 0.15) is 39.5 Å². The number of hydrogen-bond donors (Lipinski definition) is 1. The first-order valence-corrected chi connectivity index (χ1v) is 11.8. The number of aliphatic imine (C=N–C) groups is 1. The summed E-state index contributed by atoms with van der Waals surface area (Å²) in [4.78, 5) is 29.8. The summed E-state index contributed by atoms with van der Waals surface area (Å²) in [7, 11) is 0. The van der Waals surface area contributed by atoms with Crippen molar-refractivity contribution in [2.24, 2.45) is 4.99 Å². The second-order valence-corrected chi connectivity index (χ2v) is 9.56. The molecule has 1 heterocycles. The Labute approximate surface area is 186 Å². The third-order valence-corrected chi connectivity index (χ3v) is 7.03. The molecule has 30 heavy (non-hydrogen) atoms. The van der Waals surface area contributed by atoms with Crippen LogP contribution in [0.25, 0.3) is 0 Å². The van der Waals surface area contributed by atoms with Crippen LogP contribution >= 0.6 is 23.5 Å². The predicted molar refractivity (Wildman–Crippen MR) is 127 cm³/mol.